The number of benzene rings is 2. The summed E-state index contributed by atoms with van der Waals surface area (Å²) in [7, 11) is 0. The Labute approximate surface area is 176 Å². The van der Waals surface area contributed by atoms with Gasteiger partial charge in [0.15, 0.2) is 0 Å². The van der Waals surface area contributed by atoms with E-state index < -0.39 is 0 Å². The average Bonchev–Trinajstić information content (AvgIpc) is 3.43. The first-order chi connectivity index (χ1) is 14.3. The average molecular weight is 419 g/mol. The number of ether oxygens (including phenoxy) is 1. The Morgan fingerprint density at radius 3 is 2.86 bits per heavy atom. The van der Waals surface area contributed by atoms with E-state index in [0.29, 0.717) is 5.02 Å². The molecule has 2 aromatic carbocycles. The van der Waals surface area contributed by atoms with Crippen molar-refractivity contribution >= 4 is 34.6 Å². The molecule has 0 fully saturated rings. The fraction of sp³-hybridized carbons (Fsp3) is 0.0909. The quantitative estimate of drug-likeness (QED) is 0.463. The van der Waals surface area contributed by atoms with Gasteiger partial charge in [-0.3, -0.25) is 0 Å². The molecule has 7 heteroatoms. The predicted molar refractivity (Wildman–Crippen MR) is 114 cm³/mol. The molecule has 0 bridgehead atoms. The number of anilines is 1. The summed E-state index contributed by atoms with van der Waals surface area (Å²) in [5.74, 6) is 1.56. The predicted octanol–water partition coefficient (Wildman–Crippen LogP) is 5.55. The molecule has 6 rings (SSSR count). The van der Waals surface area contributed by atoms with Crippen molar-refractivity contribution in [3.05, 3.63) is 99.0 Å². The van der Waals surface area contributed by atoms with E-state index in [1.165, 1.54) is 4.88 Å². The molecule has 0 saturated heterocycles. The molecule has 2 aliphatic rings. The molecule has 4 aromatic rings. The Bertz CT molecular complexity index is 1250. The van der Waals surface area contributed by atoms with Gasteiger partial charge >= 0.3 is 0 Å². The van der Waals surface area contributed by atoms with Gasteiger partial charge in [0, 0.05) is 21.0 Å². The fourth-order valence-electron chi connectivity index (χ4n) is 4.08. The molecule has 2 atom stereocenters. The maximum absolute atomic E-state index is 6.55. The van der Waals surface area contributed by atoms with Crippen molar-refractivity contribution < 1.29 is 4.74 Å². The summed E-state index contributed by atoms with van der Waals surface area (Å²) in [5.41, 5.74) is 4.16. The third-order valence-corrected chi connectivity index (χ3v) is 6.45. The maximum atomic E-state index is 6.55. The maximum Gasteiger partial charge on any atom is 0.226 e. The highest BCUT2D eigenvalue weighted by Crippen LogP contribution is 2.51. The van der Waals surface area contributed by atoms with Gasteiger partial charge in [-0.05, 0) is 41.3 Å². The first-order valence-corrected chi connectivity index (χ1v) is 10.5. The largest absolute Gasteiger partial charge is 0.480 e. The minimum absolute atomic E-state index is 0.110. The van der Waals surface area contributed by atoms with Crippen LogP contribution in [0.5, 0.6) is 5.75 Å². The van der Waals surface area contributed by atoms with Crippen LogP contribution in [-0.2, 0) is 0 Å². The van der Waals surface area contributed by atoms with E-state index in [-0.39, 0.29) is 12.1 Å². The minimum Gasteiger partial charge on any atom is -0.480 e. The molecule has 2 aromatic heterocycles. The highest BCUT2D eigenvalue weighted by atomic mass is 35.5. The summed E-state index contributed by atoms with van der Waals surface area (Å²) in [6, 6.07) is 20.0. The molecule has 0 radical (unpaired) electrons. The van der Waals surface area contributed by atoms with Gasteiger partial charge in [-0.25, -0.2) is 4.68 Å². The molecule has 0 amide bonds. The standard InChI is InChI=1S/C22H15ClN4OS/c23-14-6-3-5-13(11-14)21-18-19(15-7-1-2-8-16(15)28-21)26-22-24-12-25-27(22)20(18)17-9-4-10-29-17/h1-12,20-21H,(H,24,25,26)/t20-,21-/m0/s1. The Morgan fingerprint density at radius 1 is 1.07 bits per heavy atom. The zero-order valence-electron chi connectivity index (χ0n) is 15.1. The second-order valence-corrected chi connectivity index (χ2v) is 8.37. The molecule has 0 spiro atoms. The SMILES string of the molecule is Clc1cccc([C@@H]2Oc3ccccc3C3=C2[C@H](c2cccs2)n2ncnc2N3)c1. The lowest BCUT2D eigenvalue weighted by Crippen LogP contribution is -2.32. The molecule has 0 unspecified atom stereocenters. The Kier molecular flexibility index (Phi) is 3.76. The van der Waals surface area contributed by atoms with Crippen LogP contribution in [0.3, 0.4) is 0 Å². The monoisotopic (exact) mass is 418 g/mol. The van der Waals surface area contributed by atoms with Gasteiger partial charge < -0.3 is 10.1 Å². The molecule has 1 N–H and O–H groups in total. The summed E-state index contributed by atoms with van der Waals surface area (Å²) in [5, 5.41) is 10.8. The number of aromatic nitrogens is 3. The van der Waals surface area contributed by atoms with Crippen LogP contribution in [-0.4, -0.2) is 14.8 Å². The molecule has 29 heavy (non-hydrogen) atoms. The number of halogens is 1. The first kappa shape index (κ1) is 16.8. The van der Waals surface area contributed by atoms with Gasteiger partial charge in [-0.2, -0.15) is 10.1 Å². The molecule has 4 heterocycles. The van der Waals surface area contributed by atoms with E-state index in [2.05, 4.69) is 45.0 Å². The smallest absolute Gasteiger partial charge is 0.226 e. The second-order valence-electron chi connectivity index (χ2n) is 6.95. The summed E-state index contributed by atoms with van der Waals surface area (Å²) >= 11 is 8.03. The highest BCUT2D eigenvalue weighted by Gasteiger charge is 2.41. The van der Waals surface area contributed by atoms with Gasteiger partial charge in [-0.15, -0.1) is 11.3 Å². The number of hydrogen-bond donors (Lipinski definition) is 1. The summed E-state index contributed by atoms with van der Waals surface area (Å²) in [6.07, 6.45) is 1.29. The zero-order valence-corrected chi connectivity index (χ0v) is 16.7. The Balaban J connectivity index is 1.64. The summed E-state index contributed by atoms with van der Waals surface area (Å²) in [6.45, 7) is 0. The number of thiophene rings is 1. The first-order valence-electron chi connectivity index (χ1n) is 9.25. The molecule has 0 aliphatic carbocycles. The molecule has 0 saturated carbocycles. The zero-order chi connectivity index (χ0) is 19.4. The van der Waals surface area contributed by atoms with Crippen molar-refractivity contribution in [2.45, 2.75) is 12.1 Å². The summed E-state index contributed by atoms with van der Waals surface area (Å²) < 4.78 is 8.48. The number of nitrogens with one attached hydrogen (secondary N) is 1. The number of para-hydroxylation sites is 1. The lowest BCUT2D eigenvalue weighted by atomic mass is 9.87. The van der Waals surface area contributed by atoms with Gasteiger partial charge in [-0.1, -0.05) is 41.9 Å². The normalized spacial score (nSPS) is 19.6. The van der Waals surface area contributed by atoms with E-state index in [1.54, 1.807) is 17.7 Å². The summed E-state index contributed by atoms with van der Waals surface area (Å²) in [4.78, 5) is 5.62. The van der Waals surface area contributed by atoms with E-state index in [1.807, 2.05) is 41.1 Å². The molecular weight excluding hydrogens is 404 g/mol. The van der Waals surface area contributed by atoms with Crippen molar-refractivity contribution in [2.75, 3.05) is 5.32 Å². The van der Waals surface area contributed by atoms with E-state index in [4.69, 9.17) is 16.3 Å². The Morgan fingerprint density at radius 2 is 2.00 bits per heavy atom. The van der Waals surface area contributed by atoms with Gasteiger partial charge in [0.25, 0.3) is 0 Å². The van der Waals surface area contributed by atoms with Crippen LogP contribution in [0.15, 0.2) is 77.9 Å². The number of rotatable bonds is 2. The van der Waals surface area contributed by atoms with Gasteiger partial charge in [0.2, 0.25) is 5.95 Å². The molecule has 2 aliphatic heterocycles. The number of fused-ring (bicyclic) bond motifs is 3. The van der Waals surface area contributed by atoms with Gasteiger partial charge in [0.1, 0.15) is 24.2 Å². The lowest BCUT2D eigenvalue weighted by Gasteiger charge is -2.38. The van der Waals surface area contributed by atoms with Crippen LogP contribution >= 0.6 is 22.9 Å². The van der Waals surface area contributed by atoms with Crippen LogP contribution in [0, 0.1) is 0 Å². The topological polar surface area (TPSA) is 52.0 Å². The van der Waals surface area contributed by atoms with Crippen molar-refractivity contribution in [3.8, 4) is 5.75 Å². The van der Waals surface area contributed by atoms with Crippen LogP contribution in [0.25, 0.3) is 5.70 Å². The number of hydrogen-bond acceptors (Lipinski definition) is 5. The minimum atomic E-state index is -0.296. The van der Waals surface area contributed by atoms with E-state index in [0.717, 1.165) is 34.1 Å². The molecular formula is C22H15ClN4OS. The third-order valence-electron chi connectivity index (χ3n) is 5.29. The number of nitrogens with zero attached hydrogens (tertiary/aromatic N) is 3. The van der Waals surface area contributed by atoms with Crippen LogP contribution < -0.4 is 10.1 Å². The highest BCUT2D eigenvalue weighted by molar-refractivity contribution is 7.10. The fourth-order valence-corrected chi connectivity index (χ4v) is 5.11. The van der Waals surface area contributed by atoms with Crippen LogP contribution in [0.4, 0.5) is 5.95 Å². The van der Waals surface area contributed by atoms with Crippen LogP contribution in [0.2, 0.25) is 5.02 Å². The third kappa shape index (κ3) is 2.60. The lowest BCUT2D eigenvalue weighted by molar-refractivity contribution is 0.223. The van der Waals surface area contributed by atoms with Gasteiger partial charge in [0.05, 0.1) is 5.70 Å². The van der Waals surface area contributed by atoms with Crippen molar-refractivity contribution in [1.82, 2.24) is 14.8 Å². The Hall–Kier alpha value is -3.09. The second kappa shape index (κ2) is 6.47. The van der Waals surface area contributed by atoms with Crippen LogP contribution in [0.1, 0.15) is 28.1 Å². The molecule has 142 valence electrons. The van der Waals surface area contributed by atoms with Crippen molar-refractivity contribution in [3.63, 3.8) is 0 Å². The van der Waals surface area contributed by atoms with E-state index in [9.17, 15) is 0 Å². The van der Waals surface area contributed by atoms with Crippen molar-refractivity contribution in [1.29, 1.82) is 0 Å². The van der Waals surface area contributed by atoms with E-state index >= 15 is 0 Å². The molecule has 5 nitrogen and oxygen atoms in total. The van der Waals surface area contributed by atoms with Crippen molar-refractivity contribution in [2.24, 2.45) is 0 Å².